The van der Waals surface area contributed by atoms with Gasteiger partial charge in [0.15, 0.2) is 0 Å². The lowest BCUT2D eigenvalue weighted by atomic mass is 9.64. The molecular weight excluding hydrogens is 384 g/mol. The summed E-state index contributed by atoms with van der Waals surface area (Å²) < 4.78 is 0. The number of anilines is 1. The number of carbonyl (C=O) groups is 2. The first-order valence-electron chi connectivity index (χ1n) is 10.5. The van der Waals surface area contributed by atoms with Crippen LogP contribution in [0, 0.1) is 5.92 Å². The van der Waals surface area contributed by atoms with Crippen LogP contribution in [-0.2, 0) is 21.5 Å². The second-order valence-corrected chi connectivity index (χ2v) is 8.73. The SMILES string of the molecule is O=C(Nc1cccc(CNC(=O)C2(c3ccc(Cl)cc3)CCC2)c1)C1CCCC1. The second-order valence-electron chi connectivity index (χ2n) is 8.30. The minimum atomic E-state index is -0.446. The first-order valence-corrected chi connectivity index (χ1v) is 10.9. The number of amides is 2. The monoisotopic (exact) mass is 410 g/mol. The van der Waals surface area contributed by atoms with Crippen molar-refractivity contribution in [2.75, 3.05) is 5.32 Å². The molecule has 2 saturated carbocycles. The lowest BCUT2D eigenvalue weighted by molar-refractivity contribution is -0.130. The van der Waals surface area contributed by atoms with E-state index >= 15 is 0 Å². The molecule has 0 bridgehead atoms. The average molecular weight is 411 g/mol. The van der Waals surface area contributed by atoms with Crippen molar-refractivity contribution in [1.82, 2.24) is 5.32 Å². The molecule has 0 spiro atoms. The normalized spacial score (nSPS) is 18.1. The van der Waals surface area contributed by atoms with Gasteiger partial charge in [-0.05, 0) is 61.1 Å². The van der Waals surface area contributed by atoms with Gasteiger partial charge in [-0.3, -0.25) is 9.59 Å². The lowest BCUT2D eigenvalue weighted by Gasteiger charge is -2.40. The first-order chi connectivity index (χ1) is 14.1. The predicted octanol–water partition coefficient (Wildman–Crippen LogP) is 5.21. The topological polar surface area (TPSA) is 58.2 Å². The largest absolute Gasteiger partial charge is 0.351 e. The molecule has 0 unspecified atom stereocenters. The molecule has 4 nitrogen and oxygen atoms in total. The lowest BCUT2D eigenvalue weighted by Crippen LogP contribution is -2.48. The standard InChI is InChI=1S/C24H27ClN2O2/c25-20-11-9-19(10-12-20)24(13-4-14-24)23(29)26-16-17-5-3-8-21(15-17)27-22(28)18-6-1-2-7-18/h3,5,8-12,15,18H,1-2,4,6-7,13-14,16H2,(H,26,29)(H,27,28). The Balaban J connectivity index is 1.38. The maximum Gasteiger partial charge on any atom is 0.230 e. The molecule has 0 radical (unpaired) electrons. The number of halogens is 1. The fourth-order valence-corrected chi connectivity index (χ4v) is 4.61. The van der Waals surface area contributed by atoms with Crippen molar-refractivity contribution in [2.24, 2.45) is 5.92 Å². The van der Waals surface area contributed by atoms with Crippen molar-refractivity contribution in [1.29, 1.82) is 0 Å². The van der Waals surface area contributed by atoms with E-state index in [4.69, 9.17) is 11.6 Å². The van der Waals surface area contributed by atoms with E-state index in [2.05, 4.69) is 10.6 Å². The zero-order chi connectivity index (χ0) is 20.3. The number of hydrogen-bond acceptors (Lipinski definition) is 2. The Kier molecular flexibility index (Phi) is 5.91. The predicted molar refractivity (Wildman–Crippen MR) is 116 cm³/mol. The van der Waals surface area contributed by atoms with Crippen molar-refractivity contribution < 1.29 is 9.59 Å². The summed E-state index contributed by atoms with van der Waals surface area (Å²) in [5.74, 6) is 0.308. The van der Waals surface area contributed by atoms with Crippen molar-refractivity contribution in [3.63, 3.8) is 0 Å². The van der Waals surface area contributed by atoms with Gasteiger partial charge in [0.1, 0.15) is 0 Å². The van der Waals surface area contributed by atoms with Crippen LogP contribution >= 0.6 is 11.6 Å². The van der Waals surface area contributed by atoms with Crippen LogP contribution in [0.15, 0.2) is 48.5 Å². The van der Waals surface area contributed by atoms with Crippen LogP contribution in [0.3, 0.4) is 0 Å². The van der Waals surface area contributed by atoms with Crippen LogP contribution < -0.4 is 10.6 Å². The Morgan fingerprint density at radius 2 is 1.72 bits per heavy atom. The molecule has 2 fully saturated rings. The van der Waals surface area contributed by atoms with Crippen molar-refractivity contribution >= 4 is 29.1 Å². The van der Waals surface area contributed by atoms with Crippen molar-refractivity contribution in [3.8, 4) is 0 Å². The Hall–Kier alpha value is -2.33. The maximum atomic E-state index is 13.0. The average Bonchev–Trinajstić information content (AvgIpc) is 3.22. The van der Waals surface area contributed by atoms with E-state index in [0.717, 1.165) is 61.8 Å². The van der Waals surface area contributed by atoms with Crippen LogP contribution in [0.4, 0.5) is 5.69 Å². The van der Waals surface area contributed by atoms with Gasteiger partial charge in [0.05, 0.1) is 5.41 Å². The minimum Gasteiger partial charge on any atom is -0.351 e. The molecule has 0 aliphatic heterocycles. The zero-order valence-electron chi connectivity index (χ0n) is 16.5. The summed E-state index contributed by atoms with van der Waals surface area (Å²) >= 11 is 6.01. The van der Waals surface area contributed by atoms with E-state index in [9.17, 15) is 9.59 Å². The highest BCUT2D eigenvalue weighted by Gasteiger charge is 2.45. The maximum absolute atomic E-state index is 13.0. The molecule has 0 atom stereocenters. The molecule has 152 valence electrons. The minimum absolute atomic E-state index is 0.0615. The van der Waals surface area contributed by atoms with Gasteiger partial charge in [0.2, 0.25) is 11.8 Å². The van der Waals surface area contributed by atoms with E-state index in [1.165, 1.54) is 0 Å². The van der Waals surface area contributed by atoms with Crippen molar-refractivity contribution in [2.45, 2.75) is 56.9 Å². The van der Waals surface area contributed by atoms with Crippen LogP contribution in [0.5, 0.6) is 0 Å². The molecule has 2 N–H and O–H groups in total. The molecule has 0 heterocycles. The summed E-state index contributed by atoms with van der Waals surface area (Å²) in [6.45, 7) is 0.446. The number of carbonyl (C=O) groups excluding carboxylic acids is 2. The molecule has 4 rings (SSSR count). The van der Waals surface area contributed by atoms with Gasteiger partial charge in [-0.1, -0.05) is 55.1 Å². The van der Waals surface area contributed by atoms with Gasteiger partial charge in [-0.15, -0.1) is 0 Å². The number of nitrogens with one attached hydrogen (secondary N) is 2. The third kappa shape index (κ3) is 4.32. The number of benzene rings is 2. The molecule has 2 amide bonds. The van der Waals surface area contributed by atoms with Crippen LogP contribution in [0.1, 0.15) is 56.1 Å². The van der Waals surface area contributed by atoms with Gasteiger partial charge in [-0.2, -0.15) is 0 Å². The summed E-state index contributed by atoms with van der Waals surface area (Å²) in [6.07, 6.45) is 7.01. The van der Waals surface area contributed by atoms with Gasteiger partial charge in [0.25, 0.3) is 0 Å². The molecule has 2 aromatic rings. The van der Waals surface area contributed by atoms with Crippen LogP contribution in [-0.4, -0.2) is 11.8 Å². The van der Waals surface area contributed by atoms with Crippen LogP contribution in [0.2, 0.25) is 5.02 Å². The molecule has 2 aliphatic carbocycles. The summed E-state index contributed by atoms with van der Waals surface area (Å²) in [4.78, 5) is 25.4. The van der Waals surface area contributed by atoms with E-state index in [1.807, 2.05) is 48.5 Å². The molecule has 2 aliphatic rings. The summed E-state index contributed by atoms with van der Waals surface area (Å²) in [6, 6.07) is 15.4. The zero-order valence-corrected chi connectivity index (χ0v) is 17.3. The fourth-order valence-electron chi connectivity index (χ4n) is 4.49. The van der Waals surface area contributed by atoms with E-state index in [-0.39, 0.29) is 17.7 Å². The van der Waals surface area contributed by atoms with E-state index in [1.54, 1.807) is 0 Å². The number of rotatable bonds is 6. The molecule has 0 saturated heterocycles. The quantitative estimate of drug-likeness (QED) is 0.687. The fraction of sp³-hybridized carbons (Fsp3) is 0.417. The van der Waals surface area contributed by atoms with Gasteiger partial charge in [0, 0.05) is 23.2 Å². The Morgan fingerprint density at radius 1 is 1.00 bits per heavy atom. The van der Waals surface area contributed by atoms with Gasteiger partial charge >= 0.3 is 0 Å². The summed E-state index contributed by atoms with van der Waals surface area (Å²) in [5, 5.41) is 6.82. The van der Waals surface area contributed by atoms with Gasteiger partial charge < -0.3 is 10.6 Å². The molecular formula is C24H27ClN2O2. The second kappa shape index (κ2) is 8.58. The highest BCUT2D eigenvalue weighted by Crippen LogP contribution is 2.44. The van der Waals surface area contributed by atoms with Crippen molar-refractivity contribution in [3.05, 3.63) is 64.7 Å². The molecule has 2 aromatic carbocycles. The highest BCUT2D eigenvalue weighted by molar-refractivity contribution is 6.30. The third-order valence-electron chi connectivity index (χ3n) is 6.41. The molecule has 0 aromatic heterocycles. The smallest absolute Gasteiger partial charge is 0.230 e. The van der Waals surface area contributed by atoms with Gasteiger partial charge in [-0.25, -0.2) is 0 Å². The van der Waals surface area contributed by atoms with E-state index in [0.29, 0.717) is 11.6 Å². The Labute approximate surface area is 177 Å². The number of hydrogen-bond donors (Lipinski definition) is 2. The van der Waals surface area contributed by atoms with E-state index < -0.39 is 5.41 Å². The molecule has 29 heavy (non-hydrogen) atoms. The summed E-state index contributed by atoms with van der Waals surface area (Å²) in [5.41, 5.74) is 2.36. The summed E-state index contributed by atoms with van der Waals surface area (Å²) in [7, 11) is 0. The highest BCUT2D eigenvalue weighted by atomic mass is 35.5. The van der Waals surface area contributed by atoms with Crippen LogP contribution in [0.25, 0.3) is 0 Å². The Morgan fingerprint density at radius 3 is 2.38 bits per heavy atom. The third-order valence-corrected chi connectivity index (χ3v) is 6.66. The first kappa shape index (κ1) is 20.0. The molecule has 5 heteroatoms. The Bertz CT molecular complexity index is 884.